The van der Waals surface area contributed by atoms with Crippen molar-refractivity contribution in [2.45, 2.75) is 0 Å². The van der Waals surface area contributed by atoms with Crippen LogP contribution in [-0.2, 0) is 0 Å². The van der Waals surface area contributed by atoms with Crippen molar-refractivity contribution in [1.82, 2.24) is 0 Å². The van der Waals surface area contributed by atoms with Crippen LogP contribution in [0.5, 0.6) is 11.5 Å². The van der Waals surface area contributed by atoms with Gasteiger partial charge in [0.2, 0.25) is 0 Å². The predicted molar refractivity (Wildman–Crippen MR) is 265 cm³/mol. The van der Waals surface area contributed by atoms with Gasteiger partial charge < -0.3 is 14.5 Å². The van der Waals surface area contributed by atoms with Crippen molar-refractivity contribution in [3.8, 4) is 44.9 Å². The fourth-order valence-corrected chi connectivity index (χ4v) is 9.37. The highest BCUT2D eigenvalue weighted by Crippen LogP contribution is 2.54. The van der Waals surface area contributed by atoms with Crippen LogP contribution in [0.4, 0.5) is 34.1 Å². The number of ether oxygens (including phenoxy) is 1. The Kier molecular flexibility index (Phi) is 8.83. The third-order valence-electron chi connectivity index (χ3n) is 12.4. The summed E-state index contributed by atoms with van der Waals surface area (Å²) in [7, 11) is 0. The third-order valence-corrected chi connectivity index (χ3v) is 12.4. The summed E-state index contributed by atoms with van der Waals surface area (Å²) >= 11 is 0. The molecule has 11 aromatic rings. The van der Waals surface area contributed by atoms with Gasteiger partial charge in [0, 0.05) is 39.4 Å². The lowest BCUT2D eigenvalue weighted by atomic mass is 9.93. The molecule has 0 fully saturated rings. The molecule has 0 radical (unpaired) electrons. The minimum atomic E-state index is 0.824. The van der Waals surface area contributed by atoms with E-state index in [0.29, 0.717) is 0 Å². The molecule has 1 heterocycles. The number of hydrogen-bond donors (Lipinski definition) is 0. The Labute approximate surface area is 367 Å². The fourth-order valence-electron chi connectivity index (χ4n) is 9.37. The van der Waals surface area contributed by atoms with Gasteiger partial charge in [0.05, 0.1) is 5.69 Å². The van der Waals surface area contributed by atoms with E-state index in [2.05, 4.69) is 252 Å². The molecule has 0 saturated carbocycles. The van der Waals surface area contributed by atoms with Gasteiger partial charge in [0.1, 0.15) is 5.75 Å². The number of rotatable bonds is 8. The number of anilines is 6. The third kappa shape index (κ3) is 6.46. The summed E-state index contributed by atoms with van der Waals surface area (Å²) in [4.78, 5) is 4.64. The number of hydrogen-bond acceptors (Lipinski definition) is 3. The summed E-state index contributed by atoms with van der Waals surface area (Å²) < 4.78 is 7.09. The fraction of sp³-hybridized carbons (Fsp3) is 0. The van der Waals surface area contributed by atoms with Crippen LogP contribution in [0, 0.1) is 0 Å². The van der Waals surface area contributed by atoms with Gasteiger partial charge in [-0.15, -0.1) is 0 Å². The standard InChI is InChI=1S/C60H40N2O/c1-3-18-48(19-4-1)62(49-20-5-2-6-21-49)57-37-31-45-17-12-24-55-56-40-52(36-38-58(56)63-60(57)59(45)55)61(50-32-27-42(28-33-50)47-26-25-41-13-7-8-15-46(41)39-47)51-34-29-44(30-35-51)54-23-11-16-43-14-9-10-22-53(43)54/h1-40H. The molecule has 0 saturated heterocycles. The van der Waals surface area contributed by atoms with Crippen LogP contribution >= 0.6 is 0 Å². The lowest BCUT2D eigenvalue weighted by Crippen LogP contribution is -2.13. The molecule has 0 N–H and O–H groups in total. The van der Waals surface area contributed by atoms with E-state index in [4.69, 9.17) is 4.74 Å². The maximum atomic E-state index is 7.09. The van der Waals surface area contributed by atoms with Crippen LogP contribution in [0.2, 0.25) is 0 Å². The molecule has 3 heteroatoms. The second-order valence-corrected chi connectivity index (χ2v) is 16.1. The van der Waals surface area contributed by atoms with Crippen LogP contribution < -0.4 is 14.5 Å². The molecule has 296 valence electrons. The van der Waals surface area contributed by atoms with Crippen molar-refractivity contribution in [3.05, 3.63) is 243 Å². The molecule has 0 atom stereocenters. The van der Waals surface area contributed by atoms with Crippen LogP contribution in [0.1, 0.15) is 0 Å². The average Bonchev–Trinajstić information content (AvgIpc) is 3.36. The normalized spacial score (nSPS) is 11.6. The molecule has 11 aromatic carbocycles. The van der Waals surface area contributed by atoms with Gasteiger partial charge in [-0.05, 0) is 134 Å². The van der Waals surface area contributed by atoms with E-state index < -0.39 is 0 Å². The van der Waals surface area contributed by atoms with E-state index in [0.717, 1.165) is 67.5 Å². The van der Waals surface area contributed by atoms with Gasteiger partial charge in [-0.2, -0.15) is 0 Å². The zero-order chi connectivity index (χ0) is 41.7. The lowest BCUT2D eigenvalue weighted by Gasteiger charge is -2.31. The van der Waals surface area contributed by atoms with Crippen molar-refractivity contribution in [3.63, 3.8) is 0 Å². The van der Waals surface area contributed by atoms with Crippen LogP contribution in [-0.4, -0.2) is 0 Å². The van der Waals surface area contributed by atoms with Crippen molar-refractivity contribution in [2.24, 2.45) is 0 Å². The molecule has 1 aliphatic rings. The van der Waals surface area contributed by atoms with Gasteiger partial charge in [0.15, 0.2) is 5.75 Å². The predicted octanol–water partition coefficient (Wildman–Crippen LogP) is 17.2. The molecule has 0 unspecified atom stereocenters. The highest BCUT2D eigenvalue weighted by molar-refractivity contribution is 6.09. The zero-order valence-corrected chi connectivity index (χ0v) is 34.4. The molecular formula is C60H40N2O. The molecular weight excluding hydrogens is 765 g/mol. The number of benzene rings is 11. The first-order valence-electron chi connectivity index (χ1n) is 21.5. The van der Waals surface area contributed by atoms with E-state index in [1.807, 2.05) is 0 Å². The van der Waals surface area contributed by atoms with Gasteiger partial charge in [-0.25, -0.2) is 0 Å². The van der Waals surface area contributed by atoms with E-state index in [1.165, 1.54) is 43.8 Å². The Hall–Kier alpha value is -8.40. The first-order valence-corrected chi connectivity index (χ1v) is 21.5. The maximum Gasteiger partial charge on any atom is 0.159 e. The molecule has 0 aliphatic carbocycles. The zero-order valence-electron chi connectivity index (χ0n) is 34.4. The molecule has 12 rings (SSSR count). The first-order chi connectivity index (χ1) is 31.2. The summed E-state index contributed by atoms with van der Waals surface area (Å²) in [6.45, 7) is 0. The monoisotopic (exact) mass is 804 g/mol. The minimum Gasteiger partial charge on any atom is -0.454 e. The van der Waals surface area contributed by atoms with Crippen molar-refractivity contribution in [1.29, 1.82) is 0 Å². The summed E-state index contributed by atoms with van der Waals surface area (Å²) in [5.41, 5.74) is 13.3. The van der Waals surface area contributed by atoms with E-state index in [-0.39, 0.29) is 0 Å². The Morgan fingerprint density at radius 2 is 0.825 bits per heavy atom. The molecule has 63 heavy (non-hydrogen) atoms. The number of nitrogens with zero attached hydrogens (tertiary/aromatic N) is 2. The molecule has 1 aliphatic heterocycles. The van der Waals surface area contributed by atoms with E-state index in [9.17, 15) is 0 Å². The average molecular weight is 805 g/mol. The van der Waals surface area contributed by atoms with Gasteiger partial charge in [-0.1, -0.05) is 164 Å². The summed E-state index contributed by atoms with van der Waals surface area (Å²) in [6, 6.07) is 87.0. The largest absolute Gasteiger partial charge is 0.454 e. The van der Waals surface area contributed by atoms with Crippen molar-refractivity contribution < 1.29 is 4.74 Å². The smallest absolute Gasteiger partial charge is 0.159 e. The SMILES string of the molecule is c1ccc(N(c2ccccc2)c2ccc3cccc4c3c2Oc2ccc(N(c3ccc(-c5ccc6ccccc6c5)cc3)c3ccc(-c5cccc6ccccc56)cc3)cc2-4)cc1. The number of para-hydroxylation sites is 2. The van der Waals surface area contributed by atoms with Crippen LogP contribution in [0.15, 0.2) is 243 Å². The number of fused-ring (bicyclic) bond motifs is 4. The minimum absolute atomic E-state index is 0.824. The van der Waals surface area contributed by atoms with Gasteiger partial charge >= 0.3 is 0 Å². The first kappa shape index (κ1) is 36.5. The van der Waals surface area contributed by atoms with Gasteiger partial charge in [-0.3, -0.25) is 0 Å². The molecule has 3 nitrogen and oxygen atoms in total. The van der Waals surface area contributed by atoms with Crippen molar-refractivity contribution in [2.75, 3.05) is 9.80 Å². The topological polar surface area (TPSA) is 15.7 Å². The van der Waals surface area contributed by atoms with Crippen LogP contribution in [0.25, 0.3) is 65.7 Å². The maximum absolute atomic E-state index is 7.09. The van der Waals surface area contributed by atoms with Crippen molar-refractivity contribution >= 4 is 66.4 Å². The second-order valence-electron chi connectivity index (χ2n) is 16.1. The molecule has 0 bridgehead atoms. The second kappa shape index (κ2) is 15.3. The Morgan fingerprint density at radius 3 is 1.56 bits per heavy atom. The molecule has 0 amide bonds. The van der Waals surface area contributed by atoms with Gasteiger partial charge in [0.25, 0.3) is 0 Å². The lowest BCUT2D eigenvalue weighted by molar-refractivity contribution is 0.488. The quantitative estimate of drug-likeness (QED) is 0.152. The summed E-state index contributed by atoms with van der Waals surface area (Å²) in [5.74, 6) is 1.67. The Bertz CT molecular complexity index is 3430. The summed E-state index contributed by atoms with van der Waals surface area (Å²) in [6.07, 6.45) is 0. The van der Waals surface area contributed by atoms with Crippen LogP contribution in [0.3, 0.4) is 0 Å². The molecule has 0 aromatic heterocycles. The van der Waals surface area contributed by atoms with E-state index >= 15 is 0 Å². The van der Waals surface area contributed by atoms with E-state index in [1.54, 1.807) is 0 Å². The Morgan fingerprint density at radius 1 is 0.286 bits per heavy atom. The highest BCUT2D eigenvalue weighted by atomic mass is 16.5. The highest BCUT2D eigenvalue weighted by Gasteiger charge is 2.27. The Balaban J connectivity index is 0.989. The summed E-state index contributed by atoms with van der Waals surface area (Å²) in [5, 5.41) is 7.19. The molecule has 0 spiro atoms.